The van der Waals surface area contributed by atoms with Gasteiger partial charge in [0.2, 0.25) is 0 Å². The molecule has 0 bridgehead atoms. The highest BCUT2D eigenvalue weighted by molar-refractivity contribution is 5.80. The van der Waals surface area contributed by atoms with Crippen molar-refractivity contribution < 1.29 is 9.90 Å². The van der Waals surface area contributed by atoms with Crippen molar-refractivity contribution in [3.8, 4) is 0 Å². The Kier molecular flexibility index (Phi) is 5.53. The van der Waals surface area contributed by atoms with E-state index in [1.165, 1.54) is 38.2 Å². The third-order valence-electron chi connectivity index (χ3n) is 3.43. The van der Waals surface area contributed by atoms with Crippen LogP contribution in [0.1, 0.15) is 46.0 Å². The predicted octanol–water partition coefficient (Wildman–Crippen LogP) is 2.58. The highest BCUT2D eigenvalue weighted by atomic mass is 16.4. The minimum absolute atomic E-state index is 0.498. The van der Waals surface area contributed by atoms with Gasteiger partial charge in [0.1, 0.15) is 0 Å². The SMILES string of the molecule is CC(=CC(=O)O)CN[C@H](C)C1CCCCC1. The van der Waals surface area contributed by atoms with E-state index in [1.807, 2.05) is 6.92 Å². The fraction of sp³-hybridized carbons (Fsp3) is 0.769. The fourth-order valence-electron chi connectivity index (χ4n) is 2.38. The van der Waals surface area contributed by atoms with Gasteiger partial charge in [0.15, 0.2) is 0 Å². The van der Waals surface area contributed by atoms with Crippen LogP contribution in [0.5, 0.6) is 0 Å². The van der Waals surface area contributed by atoms with Gasteiger partial charge < -0.3 is 10.4 Å². The molecule has 0 amide bonds. The first kappa shape index (κ1) is 13.2. The van der Waals surface area contributed by atoms with Gasteiger partial charge in [-0.2, -0.15) is 0 Å². The van der Waals surface area contributed by atoms with Crippen molar-refractivity contribution >= 4 is 5.97 Å². The summed E-state index contributed by atoms with van der Waals surface area (Å²) in [6.07, 6.45) is 7.98. The number of carboxylic acids is 1. The van der Waals surface area contributed by atoms with E-state index < -0.39 is 5.97 Å². The lowest BCUT2D eigenvalue weighted by Gasteiger charge is -2.28. The Balaban J connectivity index is 2.28. The lowest BCUT2D eigenvalue weighted by Crippen LogP contribution is -2.35. The molecular weight excluding hydrogens is 202 g/mol. The number of carboxylic acid groups (broad SMARTS) is 1. The molecule has 1 aliphatic rings. The lowest BCUT2D eigenvalue weighted by atomic mass is 9.84. The minimum Gasteiger partial charge on any atom is -0.478 e. The molecule has 1 rings (SSSR count). The van der Waals surface area contributed by atoms with Crippen molar-refractivity contribution in [2.24, 2.45) is 5.92 Å². The van der Waals surface area contributed by atoms with E-state index in [-0.39, 0.29) is 0 Å². The van der Waals surface area contributed by atoms with Crippen LogP contribution >= 0.6 is 0 Å². The standard InChI is InChI=1S/C13H23NO2/c1-10(8-13(15)16)9-14-11(2)12-6-4-3-5-7-12/h8,11-12,14H,3-7,9H2,1-2H3,(H,15,16)/t11-/m1/s1. The molecule has 0 radical (unpaired) electrons. The van der Waals surface area contributed by atoms with Gasteiger partial charge in [0, 0.05) is 18.7 Å². The first-order valence-corrected chi connectivity index (χ1v) is 6.23. The van der Waals surface area contributed by atoms with Gasteiger partial charge >= 0.3 is 5.97 Å². The highest BCUT2D eigenvalue weighted by Crippen LogP contribution is 2.26. The first-order chi connectivity index (χ1) is 7.59. The summed E-state index contributed by atoms with van der Waals surface area (Å²) in [5.41, 5.74) is 0.884. The van der Waals surface area contributed by atoms with Crippen molar-refractivity contribution in [2.75, 3.05) is 6.54 Å². The maximum atomic E-state index is 10.5. The number of aliphatic carboxylic acids is 1. The van der Waals surface area contributed by atoms with Crippen LogP contribution in [-0.4, -0.2) is 23.7 Å². The van der Waals surface area contributed by atoms with E-state index in [2.05, 4.69) is 12.2 Å². The molecule has 1 fully saturated rings. The van der Waals surface area contributed by atoms with Crippen LogP contribution in [0.4, 0.5) is 0 Å². The molecule has 3 heteroatoms. The summed E-state index contributed by atoms with van der Waals surface area (Å²) < 4.78 is 0. The summed E-state index contributed by atoms with van der Waals surface area (Å²) in [7, 11) is 0. The third-order valence-corrected chi connectivity index (χ3v) is 3.43. The molecule has 2 N–H and O–H groups in total. The molecule has 1 atom stereocenters. The Morgan fingerprint density at radius 1 is 1.44 bits per heavy atom. The van der Waals surface area contributed by atoms with Crippen LogP contribution in [0, 0.1) is 5.92 Å². The van der Waals surface area contributed by atoms with E-state index in [0.29, 0.717) is 12.6 Å². The second-order valence-corrected chi connectivity index (χ2v) is 4.90. The average Bonchev–Trinajstić information content (AvgIpc) is 2.26. The average molecular weight is 225 g/mol. The van der Waals surface area contributed by atoms with Gasteiger partial charge in [-0.1, -0.05) is 24.8 Å². The zero-order valence-electron chi connectivity index (χ0n) is 10.3. The summed E-state index contributed by atoms with van der Waals surface area (Å²) in [4.78, 5) is 10.5. The quantitative estimate of drug-likeness (QED) is 0.707. The Morgan fingerprint density at radius 2 is 2.06 bits per heavy atom. The fourth-order valence-corrected chi connectivity index (χ4v) is 2.38. The van der Waals surface area contributed by atoms with E-state index in [1.54, 1.807) is 0 Å². The number of carbonyl (C=O) groups is 1. The number of rotatable bonds is 5. The molecule has 0 heterocycles. The Hall–Kier alpha value is -0.830. The Labute approximate surface area is 97.9 Å². The summed E-state index contributed by atoms with van der Waals surface area (Å²) >= 11 is 0. The molecule has 16 heavy (non-hydrogen) atoms. The van der Waals surface area contributed by atoms with E-state index in [4.69, 9.17) is 5.11 Å². The van der Waals surface area contributed by atoms with Crippen LogP contribution in [0.3, 0.4) is 0 Å². The topological polar surface area (TPSA) is 49.3 Å². The van der Waals surface area contributed by atoms with Crippen LogP contribution in [0.2, 0.25) is 0 Å². The van der Waals surface area contributed by atoms with Gasteiger partial charge in [-0.05, 0) is 32.6 Å². The second-order valence-electron chi connectivity index (χ2n) is 4.90. The number of nitrogens with one attached hydrogen (secondary N) is 1. The van der Waals surface area contributed by atoms with Crippen LogP contribution in [0.15, 0.2) is 11.6 Å². The van der Waals surface area contributed by atoms with Crippen LogP contribution in [0.25, 0.3) is 0 Å². The molecule has 0 aromatic carbocycles. The minimum atomic E-state index is -0.857. The van der Waals surface area contributed by atoms with E-state index in [9.17, 15) is 4.79 Å². The van der Waals surface area contributed by atoms with Crippen molar-refractivity contribution in [1.29, 1.82) is 0 Å². The van der Waals surface area contributed by atoms with E-state index in [0.717, 1.165) is 11.5 Å². The Morgan fingerprint density at radius 3 is 2.62 bits per heavy atom. The molecule has 1 aliphatic carbocycles. The molecular formula is C13H23NO2. The van der Waals surface area contributed by atoms with Crippen molar-refractivity contribution in [3.05, 3.63) is 11.6 Å². The normalized spacial score (nSPS) is 20.8. The van der Waals surface area contributed by atoms with Gasteiger partial charge in [0.05, 0.1) is 0 Å². The number of hydrogen-bond donors (Lipinski definition) is 2. The third kappa shape index (κ3) is 4.79. The zero-order chi connectivity index (χ0) is 12.0. The summed E-state index contributed by atoms with van der Waals surface area (Å²) in [5.74, 6) is -0.0870. The van der Waals surface area contributed by atoms with Gasteiger partial charge in [-0.15, -0.1) is 0 Å². The molecule has 1 saturated carbocycles. The van der Waals surface area contributed by atoms with Crippen LogP contribution < -0.4 is 5.32 Å². The summed E-state index contributed by atoms with van der Waals surface area (Å²) in [6.45, 7) is 4.75. The second kappa shape index (κ2) is 6.69. The van der Waals surface area contributed by atoms with Crippen molar-refractivity contribution in [3.63, 3.8) is 0 Å². The van der Waals surface area contributed by atoms with E-state index >= 15 is 0 Å². The van der Waals surface area contributed by atoms with Crippen LogP contribution in [-0.2, 0) is 4.79 Å². The zero-order valence-corrected chi connectivity index (χ0v) is 10.3. The molecule has 0 unspecified atom stereocenters. The molecule has 3 nitrogen and oxygen atoms in total. The monoisotopic (exact) mass is 225 g/mol. The maximum absolute atomic E-state index is 10.5. The predicted molar refractivity (Wildman–Crippen MR) is 65.4 cm³/mol. The summed E-state index contributed by atoms with van der Waals surface area (Å²) in [5, 5.41) is 12.0. The highest BCUT2D eigenvalue weighted by Gasteiger charge is 2.19. The molecule has 0 spiro atoms. The number of hydrogen-bond acceptors (Lipinski definition) is 2. The molecule has 0 aliphatic heterocycles. The Bertz CT molecular complexity index is 255. The molecule has 0 aromatic rings. The molecule has 92 valence electrons. The molecule has 0 aromatic heterocycles. The van der Waals surface area contributed by atoms with Gasteiger partial charge in [-0.25, -0.2) is 4.79 Å². The molecule has 0 saturated heterocycles. The largest absolute Gasteiger partial charge is 0.478 e. The van der Waals surface area contributed by atoms with Crippen molar-refractivity contribution in [2.45, 2.75) is 52.0 Å². The first-order valence-electron chi connectivity index (χ1n) is 6.23. The van der Waals surface area contributed by atoms with Crippen molar-refractivity contribution in [1.82, 2.24) is 5.32 Å². The van der Waals surface area contributed by atoms with Gasteiger partial charge in [-0.3, -0.25) is 0 Å². The van der Waals surface area contributed by atoms with Gasteiger partial charge in [0.25, 0.3) is 0 Å². The smallest absolute Gasteiger partial charge is 0.328 e. The maximum Gasteiger partial charge on any atom is 0.328 e. The lowest BCUT2D eigenvalue weighted by molar-refractivity contribution is -0.131. The summed E-state index contributed by atoms with van der Waals surface area (Å²) in [6, 6.07) is 0.498.